The molecular weight excluding hydrogens is 300 g/mol. The molecule has 2 heterocycles. The van der Waals surface area contributed by atoms with Gasteiger partial charge in [0.25, 0.3) is 0 Å². The molecule has 0 bridgehead atoms. The van der Waals surface area contributed by atoms with E-state index in [1.807, 2.05) is 18.2 Å². The van der Waals surface area contributed by atoms with Crippen molar-refractivity contribution in [3.05, 3.63) is 65.5 Å². The Bertz CT molecular complexity index is 670. The lowest BCUT2D eigenvalue weighted by Crippen LogP contribution is -2.47. The van der Waals surface area contributed by atoms with Crippen LogP contribution in [0.1, 0.15) is 42.1 Å². The smallest absolute Gasteiger partial charge is 0.320 e. The third-order valence-electron chi connectivity index (χ3n) is 4.82. The van der Waals surface area contributed by atoms with Gasteiger partial charge in [-0.25, -0.2) is 0 Å². The van der Waals surface area contributed by atoms with Crippen molar-refractivity contribution in [1.29, 1.82) is 0 Å². The van der Waals surface area contributed by atoms with Gasteiger partial charge in [0.1, 0.15) is 6.04 Å². The van der Waals surface area contributed by atoms with Crippen molar-refractivity contribution in [2.75, 3.05) is 6.54 Å². The number of nitrogens with zero attached hydrogens (tertiary/aromatic N) is 2. The van der Waals surface area contributed by atoms with Gasteiger partial charge in [-0.05, 0) is 44.0 Å². The standard InChI is InChI=1S/C20H24N2O2/c1-15-8-10-16(11-9-15)19(14-17-6-2-4-12-21-17)22-13-5-3-7-18(22)20(23)24/h2,4,6,8-12,18-19H,3,5,7,13-14H2,1H3,(H,23,24). The van der Waals surface area contributed by atoms with E-state index in [1.165, 1.54) is 11.1 Å². The topological polar surface area (TPSA) is 53.4 Å². The van der Waals surface area contributed by atoms with Crippen molar-refractivity contribution < 1.29 is 9.90 Å². The molecule has 2 atom stereocenters. The van der Waals surface area contributed by atoms with Gasteiger partial charge in [-0.15, -0.1) is 0 Å². The van der Waals surface area contributed by atoms with Gasteiger partial charge < -0.3 is 5.11 Å². The molecule has 0 saturated carbocycles. The summed E-state index contributed by atoms with van der Waals surface area (Å²) < 4.78 is 0. The minimum Gasteiger partial charge on any atom is -0.480 e. The quantitative estimate of drug-likeness (QED) is 0.913. The molecule has 2 aromatic rings. The lowest BCUT2D eigenvalue weighted by molar-refractivity contribution is -0.146. The fourth-order valence-electron chi connectivity index (χ4n) is 3.52. The molecule has 4 heteroatoms. The Morgan fingerprint density at radius 2 is 2.04 bits per heavy atom. The van der Waals surface area contributed by atoms with E-state index in [4.69, 9.17) is 0 Å². The Balaban J connectivity index is 1.94. The van der Waals surface area contributed by atoms with Gasteiger partial charge in [0.2, 0.25) is 0 Å². The van der Waals surface area contributed by atoms with E-state index >= 15 is 0 Å². The lowest BCUT2D eigenvalue weighted by Gasteiger charge is -2.39. The zero-order chi connectivity index (χ0) is 16.9. The number of benzene rings is 1. The van der Waals surface area contributed by atoms with Crippen LogP contribution in [0.3, 0.4) is 0 Å². The summed E-state index contributed by atoms with van der Waals surface area (Å²) in [4.78, 5) is 18.4. The molecule has 1 aliphatic rings. The fourth-order valence-corrected chi connectivity index (χ4v) is 3.52. The summed E-state index contributed by atoms with van der Waals surface area (Å²) in [5, 5.41) is 9.66. The molecule has 1 aromatic heterocycles. The monoisotopic (exact) mass is 324 g/mol. The molecule has 4 nitrogen and oxygen atoms in total. The second-order valence-electron chi connectivity index (χ2n) is 6.54. The second kappa shape index (κ2) is 7.58. The molecule has 0 amide bonds. The summed E-state index contributed by atoms with van der Waals surface area (Å²) in [6.07, 6.45) is 5.28. The highest BCUT2D eigenvalue weighted by Crippen LogP contribution is 2.31. The number of aliphatic carboxylic acids is 1. The van der Waals surface area contributed by atoms with Crippen LogP contribution in [0.2, 0.25) is 0 Å². The molecule has 0 radical (unpaired) electrons. The van der Waals surface area contributed by atoms with Crippen LogP contribution in [0.4, 0.5) is 0 Å². The summed E-state index contributed by atoms with van der Waals surface area (Å²) in [5.41, 5.74) is 3.38. The van der Waals surface area contributed by atoms with Crippen LogP contribution >= 0.6 is 0 Å². The summed E-state index contributed by atoms with van der Waals surface area (Å²) in [5.74, 6) is -0.715. The molecule has 126 valence electrons. The maximum absolute atomic E-state index is 11.7. The van der Waals surface area contributed by atoms with Crippen LogP contribution in [0.25, 0.3) is 0 Å². The largest absolute Gasteiger partial charge is 0.480 e. The van der Waals surface area contributed by atoms with Crippen LogP contribution in [0, 0.1) is 6.92 Å². The number of piperidine rings is 1. The van der Waals surface area contributed by atoms with Gasteiger partial charge in [0.05, 0.1) is 0 Å². The van der Waals surface area contributed by atoms with Crippen LogP contribution in [-0.4, -0.2) is 33.5 Å². The number of likely N-dealkylation sites (tertiary alicyclic amines) is 1. The Morgan fingerprint density at radius 1 is 1.25 bits per heavy atom. The number of carbonyl (C=O) groups is 1. The number of rotatable bonds is 5. The average molecular weight is 324 g/mol. The van der Waals surface area contributed by atoms with E-state index in [9.17, 15) is 9.90 Å². The van der Waals surface area contributed by atoms with Gasteiger partial charge in [-0.1, -0.05) is 42.3 Å². The number of aryl methyl sites for hydroxylation is 1. The van der Waals surface area contributed by atoms with E-state index < -0.39 is 12.0 Å². The van der Waals surface area contributed by atoms with Gasteiger partial charge in [-0.3, -0.25) is 14.7 Å². The van der Waals surface area contributed by atoms with E-state index in [1.54, 1.807) is 6.20 Å². The number of carboxylic acids is 1. The second-order valence-corrected chi connectivity index (χ2v) is 6.54. The number of pyridine rings is 1. The Kier molecular flexibility index (Phi) is 5.26. The zero-order valence-corrected chi connectivity index (χ0v) is 14.1. The molecule has 24 heavy (non-hydrogen) atoms. The highest BCUT2D eigenvalue weighted by atomic mass is 16.4. The predicted molar refractivity (Wildman–Crippen MR) is 93.8 cm³/mol. The molecule has 1 saturated heterocycles. The van der Waals surface area contributed by atoms with Crippen LogP contribution < -0.4 is 0 Å². The Hall–Kier alpha value is -2.20. The van der Waals surface area contributed by atoms with Crippen LogP contribution in [0.5, 0.6) is 0 Å². The summed E-state index contributed by atoms with van der Waals surface area (Å²) in [7, 11) is 0. The third-order valence-corrected chi connectivity index (χ3v) is 4.82. The molecule has 1 fully saturated rings. The Labute approximate surface area is 143 Å². The van der Waals surface area contributed by atoms with Crippen molar-refractivity contribution in [3.63, 3.8) is 0 Å². The van der Waals surface area contributed by atoms with Crippen LogP contribution in [-0.2, 0) is 11.2 Å². The maximum Gasteiger partial charge on any atom is 0.320 e. The SMILES string of the molecule is Cc1ccc(C(Cc2ccccn2)N2CCCCC2C(=O)O)cc1. The van der Waals surface area contributed by atoms with Gasteiger partial charge in [-0.2, -0.15) is 0 Å². The first-order chi connectivity index (χ1) is 11.6. The van der Waals surface area contributed by atoms with Crippen molar-refractivity contribution in [3.8, 4) is 0 Å². The number of aromatic nitrogens is 1. The number of hydrogen-bond donors (Lipinski definition) is 1. The minimum atomic E-state index is -0.715. The first-order valence-corrected chi connectivity index (χ1v) is 8.60. The van der Waals surface area contributed by atoms with Crippen molar-refractivity contribution in [2.45, 2.75) is 44.7 Å². The summed E-state index contributed by atoms with van der Waals surface area (Å²) in [6, 6.07) is 14.0. The van der Waals surface area contributed by atoms with Crippen molar-refractivity contribution >= 4 is 5.97 Å². The third kappa shape index (κ3) is 3.82. The van der Waals surface area contributed by atoms with Crippen LogP contribution in [0.15, 0.2) is 48.7 Å². The lowest BCUT2D eigenvalue weighted by atomic mass is 9.93. The van der Waals surface area contributed by atoms with Crippen molar-refractivity contribution in [1.82, 2.24) is 9.88 Å². The van der Waals surface area contributed by atoms with Gasteiger partial charge >= 0.3 is 5.97 Å². The number of carboxylic acid groups (broad SMARTS) is 1. The molecule has 0 spiro atoms. The van der Waals surface area contributed by atoms with E-state index in [0.29, 0.717) is 0 Å². The first kappa shape index (κ1) is 16.7. The molecule has 1 aromatic carbocycles. The highest BCUT2D eigenvalue weighted by Gasteiger charge is 2.34. The molecular formula is C20H24N2O2. The fraction of sp³-hybridized carbons (Fsp3) is 0.400. The highest BCUT2D eigenvalue weighted by molar-refractivity contribution is 5.73. The number of hydrogen-bond acceptors (Lipinski definition) is 3. The Morgan fingerprint density at radius 3 is 2.71 bits per heavy atom. The molecule has 0 aliphatic carbocycles. The summed E-state index contributed by atoms with van der Waals surface area (Å²) in [6.45, 7) is 2.89. The van der Waals surface area contributed by atoms with Crippen molar-refractivity contribution in [2.24, 2.45) is 0 Å². The minimum absolute atomic E-state index is 0.0434. The molecule has 1 aliphatic heterocycles. The van der Waals surface area contributed by atoms with E-state index in [2.05, 4.69) is 41.1 Å². The molecule has 2 unspecified atom stereocenters. The predicted octanol–water partition coefficient (Wildman–Crippen LogP) is 3.61. The van der Waals surface area contributed by atoms with Gasteiger partial charge in [0, 0.05) is 24.4 Å². The zero-order valence-electron chi connectivity index (χ0n) is 14.1. The van der Waals surface area contributed by atoms with E-state index in [0.717, 1.165) is 37.9 Å². The first-order valence-electron chi connectivity index (χ1n) is 8.60. The van der Waals surface area contributed by atoms with E-state index in [-0.39, 0.29) is 6.04 Å². The maximum atomic E-state index is 11.7. The average Bonchev–Trinajstić information content (AvgIpc) is 2.61. The molecule has 3 rings (SSSR count). The summed E-state index contributed by atoms with van der Waals surface area (Å²) >= 11 is 0. The van der Waals surface area contributed by atoms with Gasteiger partial charge in [0.15, 0.2) is 0 Å². The molecule has 1 N–H and O–H groups in total. The normalized spacial score (nSPS) is 19.8.